The normalized spacial score (nSPS) is 17.7. The van der Waals surface area contributed by atoms with Crippen LogP contribution in [0.15, 0.2) is 53.3 Å². The van der Waals surface area contributed by atoms with E-state index < -0.39 is 46.7 Å². The third-order valence-electron chi connectivity index (χ3n) is 11.9. The molecular weight excluding hydrogens is 788 g/mol. The van der Waals surface area contributed by atoms with Crippen molar-refractivity contribution in [2.75, 3.05) is 19.6 Å². The number of benzene rings is 2. The number of rotatable bonds is 18. The van der Waals surface area contributed by atoms with Crippen LogP contribution in [0.3, 0.4) is 0 Å². The lowest BCUT2D eigenvalue weighted by atomic mass is 9.83. The topological polar surface area (TPSA) is 229 Å². The van der Waals surface area contributed by atoms with E-state index in [1.807, 2.05) is 30.3 Å². The van der Waals surface area contributed by atoms with Gasteiger partial charge in [-0.05, 0) is 67.3 Å². The van der Waals surface area contributed by atoms with E-state index in [4.69, 9.17) is 15.5 Å². The quantitative estimate of drug-likeness (QED) is 0.0637. The number of aromatic nitrogens is 2. The van der Waals surface area contributed by atoms with Crippen LogP contribution in [-0.4, -0.2) is 69.5 Å². The van der Waals surface area contributed by atoms with Crippen molar-refractivity contribution < 1.29 is 43.0 Å². The van der Waals surface area contributed by atoms with E-state index in [2.05, 4.69) is 16.0 Å². The van der Waals surface area contributed by atoms with Gasteiger partial charge in [0.05, 0.1) is 54.7 Å². The van der Waals surface area contributed by atoms with Crippen LogP contribution in [0, 0.1) is 11.7 Å². The molecule has 16 heteroatoms. The van der Waals surface area contributed by atoms with Gasteiger partial charge in [-0.2, -0.15) is 0 Å². The Labute approximate surface area is 350 Å². The number of ether oxygens (including phenoxy) is 1. The monoisotopic (exact) mass is 836 g/mol. The van der Waals surface area contributed by atoms with Crippen LogP contribution < -0.4 is 27.2 Å². The Morgan fingerprint density at radius 1 is 0.984 bits per heavy atom. The number of nitrogens with two attached hydrogens (primary N) is 1. The van der Waals surface area contributed by atoms with E-state index in [1.54, 1.807) is 13.0 Å². The van der Waals surface area contributed by atoms with Crippen LogP contribution in [0.5, 0.6) is 0 Å². The summed E-state index contributed by atoms with van der Waals surface area (Å²) < 4.78 is 21.6. The Morgan fingerprint density at radius 3 is 2.49 bits per heavy atom. The Kier molecular flexibility index (Phi) is 12.8. The van der Waals surface area contributed by atoms with Gasteiger partial charge in [0.2, 0.25) is 17.7 Å². The second-order valence-electron chi connectivity index (χ2n) is 16.0. The summed E-state index contributed by atoms with van der Waals surface area (Å²) in [5, 5.41) is 20.3. The molecule has 7 rings (SSSR count). The lowest BCUT2D eigenvalue weighted by Gasteiger charge is -2.31. The van der Waals surface area contributed by atoms with E-state index >= 15 is 0 Å². The summed E-state index contributed by atoms with van der Waals surface area (Å²) in [6.45, 7) is 0.775. The molecule has 2 aromatic carbocycles. The summed E-state index contributed by atoms with van der Waals surface area (Å²) in [5.41, 5.74) is 7.48. The number of fused-ring (bicyclic) bond motifs is 5. The fraction of sp³-hybridized carbons (Fsp3) is 0.422. The predicted octanol–water partition coefficient (Wildman–Crippen LogP) is 2.85. The summed E-state index contributed by atoms with van der Waals surface area (Å²) in [5.74, 6) is -3.69. The van der Waals surface area contributed by atoms with Gasteiger partial charge >= 0.3 is 5.97 Å². The van der Waals surface area contributed by atoms with E-state index in [9.17, 15) is 43.1 Å². The van der Waals surface area contributed by atoms with E-state index in [0.717, 1.165) is 22.1 Å². The van der Waals surface area contributed by atoms with Crippen molar-refractivity contribution in [3.8, 4) is 11.4 Å². The number of nitrogens with one attached hydrogen (secondary N) is 3. The number of hydrogen-bond acceptors (Lipinski definition) is 11. The Balaban J connectivity index is 0.955. The van der Waals surface area contributed by atoms with Gasteiger partial charge in [0.25, 0.3) is 5.56 Å². The molecule has 4 heterocycles. The van der Waals surface area contributed by atoms with Crippen molar-refractivity contribution in [2.45, 2.75) is 95.9 Å². The van der Waals surface area contributed by atoms with Crippen molar-refractivity contribution in [1.29, 1.82) is 0 Å². The van der Waals surface area contributed by atoms with E-state index in [-0.39, 0.29) is 93.5 Å². The minimum atomic E-state index is -2.00. The first-order chi connectivity index (χ1) is 29.3. The Hall–Kier alpha value is -6.13. The number of nitrogens with zero attached hydrogens (tertiary/aromatic N) is 2. The fourth-order valence-corrected chi connectivity index (χ4v) is 8.71. The van der Waals surface area contributed by atoms with Crippen LogP contribution in [0.1, 0.15) is 97.7 Å². The molecule has 61 heavy (non-hydrogen) atoms. The number of hydrogen-bond donors (Lipinski definition) is 5. The average Bonchev–Trinajstić information content (AvgIpc) is 3.62. The highest BCUT2D eigenvalue weighted by molar-refractivity contribution is 5.94. The molecule has 3 aliphatic rings. The molecule has 15 nitrogen and oxygen atoms in total. The van der Waals surface area contributed by atoms with Gasteiger partial charge in [-0.15, -0.1) is 0 Å². The van der Waals surface area contributed by atoms with Crippen LogP contribution in [0.25, 0.3) is 22.3 Å². The van der Waals surface area contributed by atoms with Gasteiger partial charge in [-0.1, -0.05) is 43.7 Å². The SMILES string of the molecule is CC[C@@]1(O)C(=O)OCc2c1cc1n(c2=O)Cc2c-1nc1cc(F)cc3c1c2[C@@H](NC(=O)CCCCCC(=O)CNC(=O)[C@@H](CC(=O)CNC(=O)CN)Cc1ccccc1)CC3. The zero-order valence-electron chi connectivity index (χ0n) is 33.9. The highest BCUT2D eigenvalue weighted by atomic mass is 19.1. The molecule has 2 aliphatic heterocycles. The third-order valence-corrected chi connectivity index (χ3v) is 11.9. The highest BCUT2D eigenvalue weighted by Gasteiger charge is 2.46. The molecule has 0 bridgehead atoms. The van der Waals surface area contributed by atoms with Gasteiger partial charge in [-0.3, -0.25) is 28.8 Å². The average molecular weight is 837 g/mol. The second-order valence-corrected chi connectivity index (χ2v) is 16.0. The Bertz CT molecular complexity index is 2490. The molecule has 6 N–H and O–H groups in total. The summed E-state index contributed by atoms with van der Waals surface area (Å²) in [7, 11) is 0. The molecule has 0 saturated carbocycles. The molecule has 0 unspecified atom stereocenters. The maximum absolute atomic E-state index is 14.9. The number of esters is 1. The van der Waals surface area contributed by atoms with E-state index in [0.29, 0.717) is 54.6 Å². The van der Waals surface area contributed by atoms with Crippen molar-refractivity contribution in [2.24, 2.45) is 11.7 Å². The lowest BCUT2D eigenvalue weighted by Crippen LogP contribution is -2.44. The lowest BCUT2D eigenvalue weighted by molar-refractivity contribution is -0.172. The molecule has 0 fully saturated rings. The first-order valence-corrected chi connectivity index (χ1v) is 20.7. The number of amides is 3. The smallest absolute Gasteiger partial charge is 0.343 e. The van der Waals surface area contributed by atoms with Gasteiger partial charge in [0, 0.05) is 47.8 Å². The number of pyridine rings is 2. The third kappa shape index (κ3) is 9.00. The van der Waals surface area contributed by atoms with E-state index in [1.165, 1.54) is 16.7 Å². The summed E-state index contributed by atoms with van der Waals surface area (Å²) in [6.07, 6.45) is 3.06. The first-order valence-electron chi connectivity index (χ1n) is 20.7. The van der Waals surface area contributed by atoms with Crippen molar-refractivity contribution >= 4 is 46.2 Å². The van der Waals surface area contributed by atoms with Gasteiger partial charge in [0.15, 0.2) is 17.2 Å². The number of Topliss-reactive ketones (excluding diaryl/α,β-unsaturated/α-hetero) is 2. The summed E-state index contributed by atoms with van der Waals surface area (Å²) in [4.78, 5) is 94.8. The van der Waals surface area contributed by atoms with Crippen LogP contribution >= 0.6 is 0 Å². The standard InChI is InChI=1S/C45H49FN6O9/c1-2-45(60)33-19-36-41-31(23-52(36)43(58)32(33)24-61-44(45)59)40-34(14-13-26-16-28(46)18-35(51-41)39(26)40)50-37(55)12-8-4-7-11-29(53)21-49-42(57)27(15-25-9-5-3-6-10-25)17-30(54)22-48-38(56)20-47/h3,5-6,9-10,16,18-19,27,34,60H,2,4,7-8,11-15,17,20-24,47H2,1H3,(H,48,56)(H,49,57)(H,50,55)/t27-,34+,45+/m1/s1. The van der Waals surface area contributed by atoms with Crippen molar-refractivity contribution in [1.82, 2.24) is 25.5 Å². The van der Waals surface area contributed by atoms with Crippen molar-refractivity contribution in [3.05, 3.63) is 98.1 Å². The van der Waals surface area contributed by atoms with Crippen LogP contribution in [0.4, 0.5) is 4.39 Å². The van der Waals surface area contributed by atoms with Gasteiger partial charge < -0.3 is 36.1 Å². The Morgan fingerprint density at radius 2 is 1.74 bits per heavy atom. The molecule has 4 aromatic rings. The van der Waals surface area contributed by atoms with Crippen LogP contribution in [0.2, 0.25) is 0 Å². The molecule has 3 amide bonds. The summed E-state index contributed by atoms with van der Waals surface area (Å²) >= 11 is 0. The van der Waals surface area contributed by atoms with Crippen molar-refractivity contribution in [3.63, 3.8) is 0 Å². The molecule has 1 aliphatic carbocycles. The van der Waals surface area contributed by atoms with Gasteiger partial charge in [-0.25, -0.2) is 14.2 Å². The largest absolute Gasteiger partial charge is 0.458 e. The summed E-state index contributed by atoms with van der Waals surface area (Å²) in [6, 6.07) is 13.1. The number of ketones is 2. The number of carbonyl (C=O) groups excluding carboxylic acids is 6. The fourth-order valence-electron chi connectivity index (χ4n) is 8.71. The number of unbranched alkanes of at least 4 members (excludes halogenated alkanes) is 2. The minimum absolute atomic E-state index is 0.0104. The molecule has 0 saturated heterocycles. The minimum Gasteiger partial charge on any atom is -0.458 e. The number of cyclic esters (lactones) is 1. The molecule has 3 atom stereocenters. The molecule has 320 valence electrons. The maximum atomic E-state index is 14.9. The number of carbonyl (C=O) groups is 6. The zero-order chi connectivity index (χ0) is 43.4. The molecule has 0 spiro atoms. The highest BCUT2D eigenvalue weighted by Crippen LogP contribution is 2.45. The predicted molar refractivity (Wildman–Crippen MR) is 220 cm³/mol. The molecule has 2 aromatic heterocycles. The molecule has 0 radical (unpaired) electrons. The first kappa shape index (κ1) is 43.0. The van der Waals surface area contributed by atoms with Gasteiger partial charge in [0.1, 0.15) is 12.4 Å². The maximum Gasteiger partial charge on any atom is 0.343 e. The van der Waals surface area contributed by atoms with Crippen LogP contribution in [-0.2, 0) is 65.1 Å². The second kappa shape index (κ2) is 18.2. The molecular formula is C45H49FN6O9. The zero-order valence-corrected chi connectivity index (χ0v) is 33.9. The number of halogens is 1. The number of aryl methyl sites for hydroxylation is 1. The number of aliphatic hydroxyl groups is 1.